The van der Waals surface area contributed by atoms with Crippen LogP contribution in [0, 0.1) is 0 Å². The number of likely N-dealkylation sites (tertiary alicyclic amines) is 1. The minimum absolute atomic E-state index is 0.122. The van der Waals surface area contributed by atoms with Crippen molar-refractivity contribution >= 4 is 34.3 Å². The van der Waals surface area contributed by atoms with Crippen molar-refractivity contribution in [2.45, 2.75) is 57.1 Å². The van der Waals surface area contributed by atoms with Crippen molar-refractivity contribution in [2.24, 2.45) is 0 Å². The van der Waals surface area contributed by atoms with Gasteiger partial charge in [0.25, 0.3) is 5.56 Å². The second-order valence-corrected chi connectivity index (χ2v) is 10.2. The van der Waals surface area contributed by atoms with Crippen molar-refractivity contribution in [3.05, 3.63) is 64.4 Å². The van der Waals surface area contributed by atoms with Gasteiger partial charge in [-0.15, -0.1) is 10.2 Å². The third-order valence-corrected chi connectivity index (χ3v) is 7.56. The molecule has 34 heavy (non-hydrogen) atoms. The van der Waals surface area contributed by atoms with Crippen molar-refractivity contribution in [3.8, 4) is 5.69 Å². The number of amides is 1. The number of thioether (sulfide) groups is 1. The molecule has 1 fully saturated rings. The Labute approximate surface area is 202 Å². The van der Waals surface area contributed by atoms with Crippen molar-refractivity contribution in [1.29, 1.82) is 0 Å². The molecule has 7 nitrogen and oxygen atoms in total. The van der Waals surface area contributed by atoms with Crippen LogP contribution in [0.5, 0.6) is 0 Å². The summed E-state index contributed by atoms with van der Waals surface area (Å²) in [5.74, 6) is 1.10. The molecule has 4 aromatic rings. The zero-order valence-electron chi connectivity index (χ0n) is 19.8. The molecule has 2 aromatic carbocycles. The van der Waals surface area contributed by atoms with Crippen molar-refractivity contribution in [2.75, 3.05) is 12.3 Å². The van der Waals surface area contributed by atoms with E-state index in [2.05, 4.69) is 31.0 Å². The van der Waals surface area contributed by atoms with Crippen molar-refractivity contribution in [1.82, 2.24) is 24.1 Å². The standard InChI is InChI=1S/C26H29N5O2S/c1-17(2)19-11-4-6-13-21(19)30-24(33)20-12-5-7-14-22(20)31-25(30)27-28-26(31)34-16-23(32)29-15-9-8-10-18(29)3/h4-7,11-14,17-18H,8-10,15-16H2,1-3H3. The first-order valence-corrected chi connectivity index (χ1v) is 12.9. The third-order valence-electron chi connectivity index (χ3n) is 6.64. The predicted octanol–water partition coefficient (Wildman–Crippen LogP) is 4.65. The van der Waals surface area contributed by atoms with Crippen LogP contribution in [-0.4, -0.2) is 48.3 Å². The molecule has 1 aliphatic rings. The molecule has 176 valence electrons. The Bertz CT molecular complexity index is 1420. The van der Waals surface area contributed by atoms with Crippen LogP contribution in [-0.2, 0) is 4.79 Å². The highest BCUT2D eigenvalue weighted by Gasteiger charge is 2.25. The fourth-order valence-corrected chi connectivity index (χ4v) is 5.67. The summed E-state index contributed by atoms with van der Waals surface area (Å²) in [4.78, 5) is 28.6. The Morgan fingerprint density at radius 1 is 1.09 bits per heavy atom. The van der Waals surface area contributed by atoms with Gasteiger partial charge in [0.15, 0.2) is 5.16 Å². The van der Waals surface area contributed by atoms with E-state index in [0.717, 1.165) is 36.2 Å². The summed E-state index contributed by atoms with van der Waals surface area (Å²) in [6, 6.07) is 15.7. The number of fused-ring (bicyclic) bond motifs is 3. The largest absolute Gasteiger partial charge is 0.339 e. The molecule has 0 spiro atoms. The molecule has 1 atom stereocenters. The number of rotatable bonds is 5. The number of para-hydroxylation sites is 2. The van der Waals surface area contributed by atoms with Gasteiger partial charge >= 0.3 is 0 Å². The number of nitrogens with zero attached hydrogens (tertiary/aromatic N) is 5. The molecule has 0 bridgehead atoms. The molecule has 0 radical (unpaired) electrons. The van der Waals surface area contributed by atoms with Gasteiger partial charge in [0, 0.05) is 12.6 Å². The lowest BCUT2D eigenvalue weighted by Gasteiger charge is -2.33. The second-order valence-electron chi connectivity index (χ2n) is 9.21. The second kappa shape index (κ2) is 9.25. The van der Waals surface area contributed by atoms with E-state index in [0.29, 0.717) is 22.1 Å². The van der Waals surface area contributed by atoms with Gasteiger partial charge in [0.1, 0.15) is 0 Å². The lowest BCUT2D eigenvalue weighted by molar-refractivity contribution is -0.131. The summed E-state index contributed by atoms with van der Waals surface area (Å²) in [5, 5.41) is 10.1. The van der Waals surface area contributed by atoms with Gasteiger partial charge in [-0.25, -0.2) is 4.57 Å². The highest BCUT2D eigenvalue weighted by Crippen LogP contribution is 2.27. The van der Waals surface area contributed by atoms with Crippen LogP contribution in [0.1, 0.15) is 51.5 Å². The van der Waals surface area contributed by atoms with Gasteiger partial charge in [-0.2, -0.15) is 0 Å². The van der Waals surface area contributed by atoms with E-state index >= 15 is 0 Å². The van der Waals surface area contributed by atoms with E-state index in [1.54, 1.807) is 4.57 Å². The van der Waals surface area contributed by atoms with Crippen LogP contribution in [0.3, 0.4) is 0 Å². The zero-order chi connectivity index (χ0) is 23.8. The van der Waals surface area contributed by atoms with Crippen LogP contribution in [0.4, 0.5) is 0 Å². The SMILES string of the molecule is CC(C)c1ccccc1-n1c(=O)c2ccccc2n2c(SCC(=O)N3CCCCC3C)nnc12. The van der Waals surface area contributed by atoms with Gasteiger partial charge < -0.3 is 4.90 Å². The maximum absolute atomic E-state index is 13.6. The lowest BCUT2D eigenvalue weighted by Crippen LogP contribution is -2.42. The topological polar surface area (TPSA) is 72.5 Å². The summed E-state index contributed by atoms with van der Waals surface area (Å²) in [6.45, 7) is 7.16. The van der Waals surface area contributed by atoms with E-state index in [1.807, 2.05) is 57.8 Å². The van der Waals surface area contributed by atoms with E-state index in [1.165, 1.54) is 18.2 Å². The Kier molecular flexibility index (Phi) is 6.16. The number of aromatic nitrogens is 4. The number of hydrogen-bond donors (Lipinski definition) is 0. The number of piperidine rings is 1. The quantitative estimate of drug-likeness (QED) is 0.393. The minimum Gasteiger partial charge on any atom is -0.339 e. The number of benzene rings is 2. The van der Waals surface area contributed by atoms with Gasteiger partial charge in [0.2, 0.25) is 11.7 Å². The van der Waals surface area contributed by atoms with Crippen LogP contribution >= 0.6 is 11.8 Å². The Morgan fingerprint density at radius 3 is 2.65 bits per heavy atom. The van der Waals surface area contributed by atoms with Crippen LogP contribution < -0.4 is 5.56 Å². The van der Waals surface area contributed by atoms with E-state index < -0.39 is 0 Å². The maximum atomic E-state index is 13.6. The number of hydrogen-bond acceptors (Lipinski definition) is 5. The molecule has 3 heterocycles. The Hall–Kier alpha value is -3.13. The monoisotopic (exact) mass is 475 g/mol. The molecule has 1 unspecified atom stereocenters. The normalized spacial score (nSPS) is 16.6. The molecule has 1 aliphatic heterocycles. The molecular weight excluding hydrogens is 446 g/mol. The Morgan fingerprint density at radius 2 is 1.85 bits per heavy atom. The average Bonchev–Trinajstić information content (AvgIpc) is 3.27. The number of carbonyl (C=O) groups excluding carboxylic acids is 1. The molecule has 5 rings (SSSR count). The first-order chi connectivity index (χ1) is 16.5. The van der Waals surface area contributed by atoms with E-state index in [9.17, 15) is 9.59 Å². The first kappa shape index (κ1) is 22.7. The molecular formula is C26H29N5O2S. The van der Waals surface area contributed by atoms with Gasteiger partial charge in [-0.05, 0) is 55.9 Å². The highest BCUT2D eigenvalue weighted by molar-refractivity contribution is 7.99. The molecule has 1 amide bonds. The molecule has 0 saturated carbocycles. The molecule has 1 saturated heterocycles. The molecule has 2 aromatic heterocycles. The van der Waals surface area contributed by atoms with E-state index in [-0.39, 0.29) is 23.4 Å². The summed E-state index contributed by atoms with van der Waals surface area (Å²) in [7, 11) is 0. The van der Waals surface area contributed by atoms with Crippen LogP contribution in [0.25, 0.3) is 22.4 Å². The summed E-state index contributed by atoms with van der Waals surface area (Å²) in [6.07, 6.45) is 3.28. The summed E-state index contributed by atoms with van der Waals surface area (Å²) >= 11 is 1.38. The van der Waals surface area contributed by atoms with Crippen LogP contribution in [0.2, 0.25) is 0 Å². The highest BCUT2D eigenvalue weighted by atomic mass is 32.2. The Balaban J connectivity index is 1.63. The fraction of sp³-hybridized carbons (Fsp3) is 0.385. The lowest BCUT2D eigenvalue weighted by atomic mass is 10.0. The average molecular weight is 476 g/mol. The molecule has 8 heteroatoms. The van der Waals surface area contributed by atoms with Gasteiger partial charge in [-0.3, -0.25) is 14.0 Å². The first-order valence-electron chi connectivity index (χ1n) is 11.9. The smallest absolute Gasteiger partial charge is 0.267 e. The summed E-state index contributed by atoms with van der Waals surface area (Å²) in [5.41, 5.74) is 2.49. The molecule has 0 aliphatic carbocycles. The van der Waals surface area contributed by atoms with Gasteiger partial charge in [-0.1, -0.05) is 55.9 Å². The molecule has 0 N–H and O–H groups in total. The number of carbonyl (C=O) groups is 1. The summed E-state index contributed by atoms with van der Waals surface area (Å²) < 4.78 is 3.56. The van der Waals surface area contributed by atoms with Crippen LogP contribution in [0.15, 0.2) is 58.5 Å². The van der Waals surface area contributed by atoms with E-state index in [4.69, 9.17) is 0 Å². The third kappa shape index (κ3) is 3.90. The zero-order valence-corrected chi connectivity index (χ0v) is 20.6. The predicted molar refractivity (Wildman–Crippen MR) is 136 cm³/mol. The van der Waals surface area contributed by atoms with Crippen molar-refractivity contribution < 1.29 is 4.79 Å². The minimum atomic E-state index is -0.127. The fourth-order valence-electron chi connectivity index (χ4n) is 4.85. The van der Waals surface area contributed by atoms with Crippen molar-refractivity contribution in [3.63, 3.8) is 0 Å². The maximum Gasteiger partial charge on any atom is 0.267 e. The van der Waals surface area contributed by atoms with Gasteiger partial charge in [0.05, 0.1) is 22.3 Å².